The van der Waals surface area contributed by atoms with Gasteiger partial charge < -0.3 is 10.3 Å². The lowest BCUT2D eigenvalue weighted by atomic mass is 9.75. The minimum absolute atomic E-state index is 0.0484. The van der Waals surface area contributed by atoms with Crippen molar-refractivity contribution in [3.8, 4) is 0 Å². The Morgan fingerprint density at radius 3 is 1.20 bits per heavy atom. The van der Waals surface area contributed by atoms with E-state index in [2.05, 4.69) is 23.8 Å². The Balaban J connectivity index is 1.47. The van der Waals surface area contributed by atoms with Crippen LogP contribution in [0.5, 0.6) is 0 Å². The highest BCUT2D eigenvalue weighted by molar-refractivity contribution is 6.00. The van der Waals surface area contributed by atoms with Gasteiger partial charge in [-0.05, 0) is 112 Å². The largest absolute Gasteiger partial charge is 0.361 e. The van der Waals surface area contributed by atoms with Crippen molar-refractivity contribution in [1.82, 2.24) is 10.3 Å². The third-order valence-electron chi connectivity index (χ3n) is 24.0. The van der Waals surface area contributed by atoms with Crippen LogP contribution in [0.4, 0.5) is 0 Å². The van der Waals surface area contributed by atoms with Crippen LogP contribution in [0.2, 0.25) is 0 Å². The van der Waals surface area contributed by atoms with E-state index in [1.165, 1.54) is 6.92 Å². The maximum atomic E-state index is 15.8. The van der Waals surface area contributed by atoms with Crippen molar-refractivity contribution < 1.29 is 67.1 Å². The predicted octanol–water partition coefficient (Wildman–Crippen LogP) is 19.9. The van der Waals surface area contributed by atoms with Crippen molar-refractivity contribution in [3.05, 3.63) is 156 Å². The standard InChI is InChI=1S/C100H138N2O14/c1-15-19-21-32-43-76(56-99(115)86(18-4)102-100(116)47-46-88(104)68(11)12)90(106)57-77(48-65(5)6)92(108)58-78(50-71-36-26-22-27-37-71)93(109)59-79(51-72-38-28-23-29-39-72)94(110)60-81(53-82-64-101-87-45-34-33-44-83(82)87)91(107)55-75(42-25-20-16-2)95(111)62-85(67(9)10)98(114)61-80(52-73-40-30-24-31-41-73)96(112)63-84(66(7)8)97(113)49-69(13)89(105)54-74(35-17-3)70(14)103/h22-24,26-31,33-34,36-41,44-45,64,66-69,74-81,84-86,101H,5,15-21,25,32,35,42-43,46-63H2,1-4,6-14H3,(H,102,116)/t69?,74?,75?,76?,77-,78?,79?,80?,81?,84?,85?,86?/m1/s1. The van der Waals surface area contributed by atoms with E-state index in [-0.39, 0.29) is 215 Å². The van der Waals surface area contributed by atoms with Gasteiger partial charge in [-0.2, -0.15) is 0 Å². The molecule has 4 aromatic carbocycles. The summed E-state index contributed by atoms with van der Waals surface area (Å²) in [6, 6.07) is 34.8. The molecule has 0 bridgehead atoms. The number of rotatable bonds is 63. The van der Waals surface area contributed by atoms with E-state index in [0.29, 0.717) is 37.7 Å². The predicted molar refractivity (Wildman–Crippen MR) is 461 cm³/mol. The molecule has 0 saturated carbocycles. The van der Waals surface area contributed by atoms with Gasteiger partial charge in [0.05, 0.1) is 6.04 Å². The molecule has 11 unspecified atom stereocenters. The first kappa shape index (κ1) is 97.9. The molecule has 632 valence electrons. The third kappa shape index (κ3) is 33.7. The number of Topliss-reactive ketones (excluding diaryl/α,β-unsaturated/α-hetero) is 13. The third-order valence-corrected chi connectivity index (χ3v) is 24.0. The maximum Gasteiger partial charge on any atom is 0.221 e. The minimum atomic E-state index is -0.968. The van der Waals surface area contributed by atoms with Crippen LogP contribution in [0.1, 0.15) is 279 Å². The second-order valence-corrected chi connectivity index (χ2v) is 34.7. The van der Waals surface area contributed by atoms with Gasteiger partial charge in [0.2, 0.25) is 5.91 Å². The zero-order valence-corrected chi connectivity index (χ0v) is 72.3. The fraction of sp³-hybridized carbons (Fsp3) is 0.580. The van der Waals surface area contributed by atoms with E-state index in [1.54, 1.807) is 34.6 Å². The van der Waals surface area contributed by atoms with E-state index >= 15 is 28.8 Å². The molecule has 0 spiro atoms. The number of unbranched alkanes of at least 4 members (excludes halogenated alkanes) is 5. The Morgan fingerprint density at radius 2 is 0.741 bits per heavy atom. The monoisotopic (exact) mass is 1590 g/mol. The summed E-state index contributed by atoms with van der Waals surface area (Å²) in [6.45, 7) is 28.0. The van der Waals surface area contributed by atoms with Crippen LogP contribution in [0.15, 0.2) is 134 Å². The highest BCUT2D eigenvalue weighted by Crippen LogP contribution is 2.35. The molecule has 116 heavy (non-hydrogen) atoms. The molecule has 0 aliphatic rings. The molecule has 1 amide bonds. The van der Waals surface area contributed by atoms with Gasteiger partial charge >= 0.3 is 0 Å². The Kier molecular flexibility index (Phi) is 43.5. The number of allylic oxidation sites excluding steroid dienone is 1. The number of nitrogens with one attached hydrogen (secondary N) is 2. The van der Waals surface area contributed by atoms with Crippen molar-refractivity contribution in [2.45, 2.75) is 289 Å². The van der Waals surface area contributed by atoms with E-state index in [1.807, 2.05) is 163 Å². The van der Waals surface area contributed by atoms with Crippen molar-refractivity contribution in [1.29, 1.82) is 0 Å². The number of hydrogen-bond acceptors (Lipinski definition) is 14. The molecule has 5 rings (SSSR count). The van der Waals surface area contributed by atoms with E-state index < -0.39 is 77.0 Å². The SMILES string of the molecule is C=C(C)C[C@H](CC(=O)C(CCCCCC)CC(=O)C(CC)NC(=O)CCC(=O)C(C)C)C(=O)CC(Cc1ccccc1)C(=O)CC(Cc1ccccc1)C(=O)CC(Cc1c[nH]c2ccccc12)C(=O)CC(CCCCC)C(=O)CC(C(=O)CC(Cc1ccccc1)C(=O)CC(C(=O)CC(C)C(=O)CC(CCC)C(C)=O)C(C)C)C(C)C. The molecule has 12 atom stereocenters. The van der Waals surface area contributed by atoms with E-state index in [4.69, 9.17) is 0 Å². The summed E-state index contributed by atoms with van der Waals surface area (Å²) in [7, 11) is 0. The summed E-state index contributed by atoms with van der Waals surface area (Å²) < 4.78 is 0. The number of benzene rings is 4. The van der Waals surface area contributed by atoms with Crippen molar-refractivity contribution in [3.63, 3.8) is 0 Å². The van der Waals surface area contributed by atoms with Gasteiger partial charge in [-0.25, -0.2) is 0 Å². The van der Waals surface area contributed by atoms with Crippen LogP contribution in [0.25, 0.3) is 10.9 Å². The Bertz CT molecular complexity index is 4030. The number of hydrogen-bond donors (Lipinski definition) is 2. The number of aromatic nitrogens is 1. The van der Waals surface area contributed by atoms with Crippen LogP contribution in [0, 0.1) is 82.9 Å². The number of fused-ring (bicyclic) bond motifs is 1. The minimum Gasteiger partial charge on any atom is -0.361 e. The first-order chi connectivity index (χ1) is 55.3. The average molecular weight is 1590 g/mol. The number of carbonyl (C=O) groups is 14. The normalized spacial score (nSPS) is 14.8. The molecule has 0 radical (unpaired) electrons. The van der Waals surface area contributed by atoms with E-state index in [9.17, 15) is 38.4 Å². The molecule has 0 aliphatic carbocycles. The van der Waals surface area contributed by atoms with Crippen LogP contribution in [0.3, 0.4) is 0 Å². The summed E-state index contributed by atoms with van der Waals surface area (Å²) in [5, 5.41) is 3.67. The quantitative estimate of drug-likeness (QED) is 0.0271. The molecule has 5 aromatic rings. The second kappa shape index (κ2) is 51.5. The van der Waals surface area contributed by atoms with Gasteiger partial charge in [-0.15, -0.1) is 6.58 Å². The first-order valence-electron chi connectivity index (χ1n) is 43.7. The van der Waals surface area contributed by atoms with Gasteiger partial charge in [0.25, 0.3) is 0 Å². The molecule has 2 N–H and O–H groups in total. The summed E-state index contributed by atoms with van der Waals surface area (Å²) >= 11 is 0. The summed E-state index contributed by atoms with van der Waals surface area (Å²) in [6.07, 6.45) is 8.64. The molecular weight excluding hydrogens is 1450 g/mol. The number of amides is 1. The number of ketones is 13. The van der Waals surface area contributed by atoms with Crippen LogP contribution >= 0.6 is 0 Å². The van der Waals surface area contributed by atoms with Crippen molar-refractivity contribution in [2.75, 3.05) is 0 Å². The molecule has 1 aromatic heterocycles. The molecule has 0 saturated heterocycles. The number of aromatic amines is 1. The molecule has 1 heterocycles. The number of H-pyrrole nitrogens is 1. The van der Waals surface area contributed by atoms with Gasteiger partial charge in [0, 0.05) is 172 Å². The molecule has 0 fully saturated rings. The highest BCUT2D eigenvalue weighted by Gasteiger charge is 2.39. The fourth-order valence-corrected chi connectivity index (χ4v) is 16.4. The van der Waals surface area contributed by atoms with Crippen LogP contribution < -0.4 is 5.32 Å². The lowest BCUT2D eigenvalue weighted by Gasteiger charge is -2.27. The van der Waals surface area contributed by atoms with Gasteiger partial charge in [-0.1, -0.05) is 242 Å². The number of para-hydroxylation sites is 1. The summed E-state index contributed by atoms with van der Waals surface area (Å²) in [5.41, 5.74) is 4.66. The molecule has 16 heteroatoms. The van der Waals surface area contributed by atoms with E-state index in [0.717, 1.165) is 71.7 Å². The summed E-state index contributed by atoms with van der Waals surface area (Å²) in [5.74, 6) is -13.3. The van der Waals surface area contributed by atoms with Crippen LogP contribution in [-0.2, 0) is 92.8 Å². The Morgan fingerprint density at radius 1 is 0.353 bits per heavy atom. The van der Waals surface area contributed by atoms with Crippen molar-refractivity contribution in [2.24, 2.45) is 82.9 Å². The lowest BCUT2D eigenvalue weighted by molar-refractivity contribution is -0.137. The maximum absolute atomic E-state index is 15.8. The first-order valence-corrected chi connectivity index (χ1v) is 43.7. The summed E-state index contributed by atoms with van der Waals surface area (Å²) in [4.78, 5) is 206. The van der Waals surface area contributed by atoms with Gasteiger partial charge in [0.15, 0.2) is 5.78 Å². The zero-order valence-electron chi connectivity index (χ0n) is 72.3. The topological polar surface area (TPSA) is 267 Å². The van der Waals surface area contributed by atoms with Crippen molar-refractivity contribution >= 4 is 92.0 Å². The average Bonchev–Trinajstić information content (AvgIpc) is 1.67. The smallest absolute Gasteiger partial charge is 0.221 e. The number of carbonyl (C=O) groups excluding carboxylic acids is 14. The highest BCUT2D eigenvalue weighted by atomic mass is 16.2. The second-order valence-electron chi connectivity index (χ2n) is 34.7. The zero-order chi connectivity index (χ0) is 85.6. The molecular formula is C100H138N2O14. The van der Waals surface area contributed by atoms with Gasteiger partial charge in [0.1, 0.15) is 69.4 Å². The molecule has 0 aliphatic heterocycles. The molecule has 16 nitrogen and oxygen atoms in total. The Labute approximate surface area is 693 Å². The van der Waals surface area contributed by atoms with Crippen LogP contribution in [-0.4, -0.2) is 92.1 Å². The van der Waals surface area contributed by atoms with Gasteiger partial charge in [-0.3, -0.25) is 67.1 Å². The Hall–Kier alpha value is -8.66. The fourth-order valence-electron chi connectivity index (χ4n) is 16.4. The lowest BCUT2D eigenvalue weighted by Crippen LogP contribution is -2.41.